The molecule has 1 unspecified atom stereocenters. The van der Waals surface area contributed by atoms with E-state index < -0.39 is 12.1 Å². The van der Waals surface area contributed by atoms with Crippen LogP contribution in [0.25, 0.3) is 0 Å². The third-order valence-electron chi connectivity index (χ3n) is 2.98. The number of amides is 1. The maximum atomic E-state index is 12.1. The molecule has 8 heteroatoms. The number of hydrogen-bond donors (Lipinski definition) is 0. The lowest BCUT2D eigenvalue weighted by Gasteiger charge is -2.31. The third-order valence-corrected chi connectivity index (χ3v) is 5.36. The van der Waals surface area contributed by atoms with Gasteiger partial charge in [0, 0.05) is 17.2 Å². The Morgan fingerprint density at radius 3 is 3.05 bits per heavy atom. The fraction of sp³-hybridized carbons (Fsp3) is 0.538. The Labute approximate surface area is 136 Å². The van der Waals surface area contributed by atoms with Gasteiger partial charge in [-0.2, -0.15) is 0 Å². The zero-order valence-corrected chi connectivity index (χ0v) is 13.9. The van der Waals surface area contributed by atoms with E-state index in [-0.39, 0.29) is 12.5 Å². The molecule has 0 bridgehead atoms. The van der Waals surface area contributed by atoms with Gasteiger partial charge in [-0.15, -0.1) is 23.1 Å². The summed E-state index contributed by atoms with van der Waals surface area (Å²) in [5, 5.41) is 0. The van der Waals surface area contributed by atoms with Gasteiger partial charge in [0.1, 0.15) is 0 Å². The molecule has 1 aromatic rings. The SMILES string of the molecule is COC(=O)C1CN(C(=O)CSCc2ccc(Cl)s2)CCO1. The van der Waals surface area contributed by atoms with Gasteiger partial charge in [-0.1, -0.05) is 11.6 Å². The average molecular weight is 350 g/mol. The van der Waals surface area contributed by atoms with Crippen molar-refractivity contribution in [3.8, 4) is 0 Å². The number of esters is 1. The molecule has 5 nitrogen and oxygen atoms in total. The first-order valence-electron chi connectivity index (χ1n) is 6.39. The molecule has 1 aliphatic rings. The number of thioether (sulfide) groups is 1. The number of carbonyl (C=O) groups is 2. The maximum Gasteiger partial charge on any atom is 0.336 e. The van der Waals surface area contributed by atoms with Gasteiger partial charge >= 0.3 is 5.97 Å². The zero-order chi connectivity index (χ0) is 15.2. The van der Waals surface area contributed by atoms with E-state index in [2.05, 4.69) is 4.74 Å². The van der Waals surface area contributed by atoms with Crippen LogP contribution in [0.2, 0.25) is 4.34 Å². The monoisotopic (exact) mass is 349 g/mol. The van der Waals surface area contributed by atoms with Crippen LogP contribution in [-0.4, -0.2) is 55.4 Å². The number of halogens is 1. The molecule has 1 saturated heterocycles. The summed E-state index contributed by atoms with van der Waals surface area (Å²) in [6.45, 7) is 1.13. The van der Waals surface area contributed by atoms with Gasteiger partial charge in [0.05, 0.1) is 30.4 Å². The summed E-state index contributed by atoms with van der Waals surface area (Å²) in [6, 6.07) is 3.82. The number of methoxy groups -OCH3 is 1. The van der Waals surface area contributed by atoms with E-state index in [1.165, 1.54) is 18.4 Å². The number of hydrogen-bond acceptors (Lipinski definition) is 6. The van der Waals surface area contributed by atoms with Crippen LogP contribution in [0.5, 0.6) is 0 Å². The van der Waals surface area contributed by atoms with E-state index in [4.69, 9.17) is 16.3 Å². The summed E-state index contributed by atoms with van der Waals surface area (Å²) in [4.78, 5) is 26.4. The molecule has 116 valence electrons. The minimum Gasteiger partial charge on any atom is -0.467 e. The van der Waals surface area contributed by atoms with E-state index in [1.54, 1.807) is 16.7 Å². The van der Waals surface area contributed by atoms with Crippen molar-refractivity contribution in [1.82, 2.24) is 4.90 Å². The van der Waals surface area contributed by atoms with Gasteiger partial charge in [0.15, 0.2) is 6.10 Å². The van der Waals surface area contributed by atoms with Crippen LogP contribution in [0.4, 0.5) is 0 Å². The number of carbonyl (C=O) groups excluding carboxylic acids is 2. The third kappa shape index (κ3) is 4.88. The summed E-state index contributed by atoms with van der Waals surface area (Å²) in [5.74, 6) is 0.713. The second kappa shape index (κ2) is 8.03. The molecular weight excluding hydrogens is 334 g/mol. The van der Waals surface area contributed by atoms with Gasteiger partial charge in [-0.05, 0) is 12.1 Å². The summed E-state index contributed by atoms with van der Waals surface area (Å²) < 4.78 is 10.7. The van der Waals surface area contributed by atoms with Gasteiger partial charge in [-0.25, -0.2) is 4.79 Å². The first kappa shape index (κ1) is 16.6. The molecule has 1 amide bonds. The quantitative estimate of drug-likeness (QED) is 0.761. The van der Waals surface area contributed by atoms with Gasteiger partial charge in [0.25, 0.3) is 0 Å². The Balaban J connectivity index is 1.76. The highest BCUT2D eigenvalue weighted by Gasteiger charge is 2.29. The van der Waals surface area contributed by atoms with E-state index in [0.29, 0.717) is 18.9 Å². The van der Waals surface area contributed by atoms with E-state index in [9.17, 15) is 9.59 Å². The Morgan fingerprint density at radius 2 is 2.38 bits per heavy atom. The molecule has 2 rings (SSSR count). The Kier molecular flexibility index (Phi) is 6.35. The van der Waals surface area contributed by atoms with Crippen LogP contribution >= 0.6 is 34.7 Å². The molecule has 0 saturated carbocycles. The smallest absolute Gasteiger partial charge is 0.336 e. The highest BCUT2D eigenvalue weighted by Crippen LogP contribution is 2.25. The lowest BCUT2D eigenvalue weighted by molar-refractivity contribution is -0.161. The molecule has 0 aromatic carbocycles. The standard InChI is InChI=1S/C13H16ClNO4S2/c1-18-13(17)10-6-15(4-5-19-10)12(16)8-20-7-9-2-3-11(14)21-9/h2-3,10H,4-8H2,1H3. The van der Waals surface area contributed by atoms with Crippen LogP contribution in [-0.2, 0) is 24.8 Å². The predicted octanol–water partition coefficient (Wildman–Crippen LogP) is 2.04. The number of thiophene rings is 1. The van der Waals surface area contributed by atoms with Crippen molar-refractivity contribution in [1.29, 1.82) is 0 Å². The minimum atomic E-state index is -0.672. The Hall–Kier alpha value is -0.760. The molecule has 2 heterocycles. The fourth-order valence-corrected chi connectivity index (χ4v) is 4.03. The zero-order valence-electron chi connectivity index (χ0n) is 11.5. The number of morpholine rings is 1. The molecule has 0 N–H and O–H groups in total. The number of rotatable bonds is 5. The molecule has 21 heavy (non-hydrogen) atoms. The first-order valence-corrected chi connectivity index (χ1v) is 8.74. The molecule has 0 radical (unpaired) electrons. The number of ether oxygens (including phenoxy) is 2. The highest BCUT2D eigenvalue weighted by atomic mass is 35.5. The average Bonchev–Trinajstić information content (AvgIpc) is 2.92. The van der Waals surface area contributed by atoms with Crippen LogP contribution in [0, 0.1) is 0 Å². The molecule has 0 spiro atoms. The topological polar surface area (TPSA) is 55.8 Å². The molecular formula is C13H16ClNO4S2. The van der Waals surface area contributed by atoms with Crippen molar-refractivity contribution >= 4 is 46.6 Å². The lowest BCUT2D eigenvalue weighted by atomic mass is 10.2. The van der Waals surface area contributed by atoms with Crippen molar-refractivity contribution in [2.75, 3.05) is 32.6 Å². The summed E-state index contributed by atoms with van der Waals surface area (Å²) in [5.41, 5.74) is 0. The second-order valence-corrected chi connectivity index (χ2v) is 7.21. The van der Waals surface area contributed by atoms with Gasteiger partial charge < -0.3 is 14.4 Å². The van der Waals surface area contributed by atoms with Crippen molar-refractivity contribution in [2.45, 2.75) is 11.9 Å². The second-order valence-electron chi connectivity index (χ2n) is 4.42. The minimum absolute atomic E-state index is 0.0138. The van der Waals surface area contributed by atoms with Gasteiger partial charge in [0.2, 0.25) is 5.91 Å². The summed E-state index contributed by atoms with van der Waals surface area (Å²) in [7, 11) is 1.31. The fourth-order valence-electron chi connectivity index (χ4n) is 1.91. The number of nitrogens with zero attached hydrogens (tertiary/aromatic N) is 1. The summed E-state index contributed by atoms with van der Waals surface area (Å²) in [6.07, 6.45) is -0.672. The summed E-state index contributed by atoms with van der Waals surface area (Å²) >= 11 is 8.92. The van der Waals surface area contributed by atoms with Crippen LogP contribution in [0.1, 0.15) is 4.88 Å². The van der Waals surface area contributed by atoms with E-state index >= 15 is 0 Å². The molecule has 1 aliphatic heterocycles. The van der Waals surface area contributed by atoms with Gasteiger partial charge in [-0.3, -0.25) is 4.79 Å². The molecule has 1 atom stereocenters. The lowest BCUT2D eigenvalue weighted by Crippen LogP contribution is -2.49. The van der Waals surface area contributed by atoms with Crippen LogP contribution in [0.15, 0.2) is 12.1 Å². The van der Waals surface area contributed by atoms with Crippen molar-refractivity contribution < 1.29 is 19.1 Å². The molecule has 1 fully saturated rings. The van der Waals surface area contributed by atoms with Crippen molar-refractivity contribution in [3.05, 3.63) is 21.3 Å². The van der Waals surface area contributed by atoms with Crippen LogP contribution in [0.3, 0.4) is 0 Å². The molecule has 1 aromatic heterocycles. The predicted molar refractivity (Wildman–Crippen MR) is 83.8 cm³/mol. The Morgan fingerprint density at radius 1 is 1.57 bits per heavy atom. The van der Waals surface area contributed by atoms with E-state index in [0.717, 1.165) is 15.0 Å². The van der Waals surface area contributed by atoms with Crippen LogP contribution < -0.4 is 0 Å². The Bertz CT molecular complexity index is 508. The van der Waals surface area contributed by atoms with Crippen molar-refractivity contribution in [3.63, 3.8) is 0 Å². The highest BCUT2D eigenvalue weighted by molar-refractivity contribution is 7.99. The van der Waals surface area contributed by atoms with E-state index in [1.807, 2.05) is 12.1 Å². The normalized spacial score (nSPS) is 18.6. The first-order chi connectivity index (χ1) is 10.1. The largest absolute Gasteiger partial charge is 0.467 e. The molecule has 0 aliphatic carbocycles. The maximum absolute atomic E-state index is 12.1. The van der Waals surface area contributed by atoms with Crippen molar-refractivity contribution in [2.24, 2.45) is 0 Å².